The van der Waals surface area contributed by atoms with Crippen molar-refractivity contribution in [1.82, 2.24) is 20.1 Å². The first-order valence-electron chi connectivity index (χ1n) is 9.93. The summed E-state index contributed by atoms with van der Waals surface area (Å²) < 4.78 is 12.4. The lowest BCUT2D eigenvalue weighted by Gasteiger charge is -2.10. The fraction of sp³-hybridized carbons (Fsp3) is 0.238. The van der Waals surface area contributed by atoms with Crippen LogP contribution < -0.4 is 20.1 Å². The Balaban J connectivity index is 1.34. The first-order valence-corrected chi connectivity index (χ1v) is 11.7. The Morgan fingerprint density at radius 2 is 1.97 bits per heavy atom. The maximum absolute atomic E-state index is 12.5. The molecule has 0 saturated heterocycles. The van der Waals surface area contributed by atoms with Gasteiger partial charge in [-0.3, -0.25) is 9.59 Å². The molecule has 0 radical (unpaired) electrons. The zero-order valence-electron chi connectivity index (χ0n) is 17.4. The lowest BCUT2D eigenvalue weighted by atomic mass is 10.2. The predicted octanol–water partition coefficient (Wildman–Crippen LogP) is 3.99. The highest BCUT2D eigenvalue weighted by Crippen LogP contribution is 2.32. The van der Waals surface area contributed by atoms with Gasteiger partial charge in [-0.2, -0.15) is 0 Å². The van der Waals surface area contributed by atoms with Crippen molar-refractivity contribution >= 4 is 52.5 Å². The molecule has 2 aromatic carbocycles. The van der Waals surface area contributed by atoms with Gasteiger partial charge in [0.1, 0.15) is 0 Å². The molecule has 1 aliphatic rings. The second-order valence-electron chi connectivity index (χ2n) is 6.83. The lowest BCUT2D eigenvalue weighted by Crippen LogP contribution is -2.24. The summed E-state index contributed by atoms with van der Waals surface area (Å²) in [5.74, 6) is 1.30. The summed E-state index contributed by atoms with van der Waals surface area (Å²) >= 11 is 13.3. The number of ether oxygens (including phenoxy) is 2. The number of amides is 2. The van der Waals surface area contributed by atoms with Crippen molar-refractivity contribution in [3.63, 3.8) is 0 Å². The molecule has 0 aliphatic carbocycles. The van der Waals surface area contributed by atoms with Crippen molar-refractivity contribution in [2.24, 2.45) is 0 Å². The number of hydrogen-bond donors (Lipinski definition) is 2. The molecule has 33 heavy (non-hydrogen) atoms. The molecular weight excluding hydrogens is 489 g/mol. The predicted molar refractivity (Wildman–Crippen MR) is 125 cm³/mol. The van der Waals surface area contributed by atoms with E-state index in [4.69, 9.17) is 32.7 Å². The molecule has 0 bridgehead atoms. The van der Waals surface area contributed by atoms with E-state index < -0.39 is 0 Å². The van der Waals surface area contributed by atoms with Crippen LogP contribution in [0.2, 0.25) is 10.0 Å². The van der Waals surface area contributed by atoms with Crippen LogP contribution in [-0.4, -0.2) is 39.1 Å². The quantitative estimate of drug-likeness (QED) is 0.443. The molecule has 1 aromatic heterocycles. The molecule has 0 unspecified atom stereocenters. The van der Waals surface area contributed by atoms with Crippen molar-refractivity contribution < 1.29 is 19.1 Å². The Labute approximate surface area is 203 Å². The zero-order valence-corrected chi connectivity index (χ0v) is 19.8. The van der Waals surface area contributed by atoms with Crippen molar-refractivity contribution in [2.75, 3.05) is 17.9 Å². The maximum Gasteiger partial charge on any atom is 0.251 e. The number of nitrogens with zero attached hydrogens (tertiary/aromatic N) is 3. The van der Waals surface area contributed by atoms with E-state index in [1.807, 2.05) is 11.5 Å². The number of anilines is 1. The first kappa shape index (κ1) is 23.2. The minimum absolute atomic E-state index is 0.102. The topological polar surface area (TPSA) is 107 Å². The highest BCUT2D eigenvalue weighted by molar-refractivity contribution is 7.99. The van der Waals surface area contributed by atoms with Gasteiger partial charge in [0.05, 0.1) is 28.0 Å². The molecule has 0 saturated carbocycles. The monoisotopic (exact) mass is 507 g/mol. The number of thioether (sulfide) groups is 1. The molecule has 2 amide bonds. The highest BCUT2D eigenvalue weighted by atomic mass is 35.5. The van der Waals surface area contributed by atoms with Crippen LogP contribution in [0, 0.1) is 0 Å². The van der Waals surface area contributed by atoms with Crippen LogP contribution in [0.15, 0.2) is 41.6 Å². The van der Waals surface area contributed by atoms with Gasteiger partial charge >= 0.3 is 0 Å². The van der Waals surface area contributed by atoms with Gasteiger partial charge in [-0.15, -0.1) is 10.2 Å². The number of benzene rings is 2. The number of halogens is 2. The van der Waals surface area contributed by atoms with E-state index in [9.17, 15) is 9.59 Å². The molecule has 2 heterocycles. The third kappa shape index (κ3) is 5.35. The number of carbonyl (C=O) groups is 2. The molecule has 9 nitrogen and oxygen atoms in total. The van der Waals surface area contributed by atoms with Gasteiger partial charge < -0.3 is 24.7 Å². The summed E-state index contributed by atoms with van der Waals surface area (Å²) in [6, 6.07) is 10.0. The van der Waals surface area contributed by atoms with Crippen LogP contribution >= 0.6 is 35.0 Å². The summed E-state index contributed by atoms with van der Waals surface area (Å²) in [6.45, 7) is 2.83. The van der Waals surface area contributed by atoms with E-state index in [-0.39, 0.29) is 35.9 Å². The van der Waals surface area contributed by atoms with E-state index >= 15 is 0 Å². The molecule has 1 aliphatic heterocycles. The molecule has 12 heteroatoms. The average molecular weight is 508 g/mol. The third-order valence-electron chi connectivity index (χ3n) is 4.71. The Morgan fingerprint density at radius 1 is 1.15 bits per heavy atom. The molecular formula is C21H19Cl2N5O4S. The summed E-state index contributed by atoms with van der Waals surface area (Å²) in [7, 11) is 0. The van der Waals surface area contributed by atoms with Crippen LogP contribution in [0.4, 0.5) is 5.69 Å². The molecule has 0 fully saturated rings. The average Bonchev–Trinajstić information content (AvgIpc) is 3.44. The fourth-order valence-electron chi connectivity index (χ4n) is 3.09. The minimum Gasteiger partial charge on any atom is -0.454 e. The number of fused-ring (bicyclic) bond motifs is 1. The Bertz CT molecular complexity index is 1200. The molecule has 2 N–H and O–H groups in total. The summed E-state index contributed by atoms with van der Waals surface area (Å²) in [5, 5.41) is 15.1. The molecule has 3 aromatic rings. The van der Waals surface area contributed by atoms with Crippen LogP contribution in [0.25, 0.3) is 0 Å². The largest absolute Gasteiger partial charge is 0.454 e. The van der Waals surface area contributed by atoms with E-state index in [1.54, 1.807) is 36.4 Å². The van der Waals surface area contributed by atoms with Gasteiger partial charge in [-0.05, 0) is 37.3 Å². The molecule has 0 atom stereocenters. The maximum atomic E-state index is 12.5. The standard InChI is InChI=1S/C21H19Cl2N5O4S/c1-2-28-17(9-24-20(30)12-6-7-15-16(8-12)32-11-31-15)26-27-21(28)33-10-18(29)25-14-5-3-4-13(22)19(14)23/h3-8H,2,9-11H2,1H3,(H,24,30)(H,25,29). The van der Waals surface area contributed by atoms with Gasteiger partial charge in [-0.25, -0.2) is 0 Å². The van der Waals surface area contributed by atoms with E-state index in [0.717, 1.165) is 0 Å². The Morgan fingerprint density at radius 3 is 2.79 bits per heavy atom. The smallest absolute Gasteiger partial charge is 0.251 e. The van der Waals surface area contributed by atoms with Gasteiger partial charge in [0.2, 0.25) is 12.7 Å². The van der Waals surface area contributed by atoms with Crippen LogP contribution in [0.1, 0.15) is 23.1 Å². The second-order valence-corrected chi connectivity index (χ2v) is 8.56. The van der Waals surface area contributed by atoms with Gasteiger partial charge in [0, 0.05) is 12.1 Å². The molecule has 0 spiro atoms. The number of nitrogens with one attached hydrogen (secondary N) is 2. The van der Waals surface area contributed by atoms with Crippen LogP contribution in [0.5, 0.6) is 11.5 Å². The van der Waals surface area contributed by atoms with E-state index in [2.05, 4.69) is 20.8 Å². The zero-order chi connectivity index (χ0) is 23.4. The number of hydrogen-bond acceptors (Lipinski definition) is 7. The van der Waals surface area contributed by atoms with E-state index in [0.29, 0.717) is 45.3 Å². The second kappa shape index (κ2) is 10.3. The normalized spacial score (nSPS) is 12.0. The van der Waals surface area contributed by atoms with Crippen molar-refractivity contribution in [2.45, 2.75) is 25.2 Å². The van der Waals surface area contributed by atoms with Gasteiger partial charge in [0.25, 0.3) is 5.91 Å². The number of carbonyl (C=O) groups excluding carboxylic acids is 2. The Kier molecular flexibility index (Phi) is 7.26. The van der Waals surface area contributed by atoms with Crippen LogP contribution in [0.3, 0.4) is 0 Å². The van der Waals surface area contributed by atoms with Crippen molar-refractivity contribution in [3.05, 3.63) is 57.8 Å². The molecule has 4 rings (SSSR count). The number of rotatable bonds is 8. The van der Waals surface area contributed by atoms with Crippen molar-refractivity contribution in [1.29, 1.82) is 0 Å². The third-order valence-corrected chi connectivity index (χ3v) is 6.50. The van der Waals surface area contributed by atoms with Gasteiger partial charge in [-0.1, -0.05) is 41.0 Å². The summed E-state index contributed by atoms with van der Waals surface area (Å²) in [6.07, 6.45) is 0. The SMILES string of the molecule is CCn1c(CNC(=O)c2ccc3c(c2)OCO3)nnc1SCC(=O)Nc1cccc(Cl)c1Cl. The lowest BCUT2D eigenvalue weighted by molar-refractivity contribution is -0.113. The Hall–Kier alpha value is -2.95. The fourth-order valence-corrected chi connectivity index (χ4v) is 4.26. The van der Waals surface area contributed by atoms with Crippen LogP contribution in [-0.2, 0) is 17.9 Å². The number of aromatic nitrogens is 3. The molecule has 172 valence electrons. The highest BCUT2D eigenvalue weighted by Gasteiger charge is 2.18. The van der Waals surface area contributed by atoms with Crippen molar-refractivity contribution in [3.8, 4) is 11.5 Å². The first-order chi connectivity index (χ1) is 16.0. The summed E-state index contributed by atoms with van der Waals surface area (Å²) in [4.78, 5) is 24.9. The van der Waals surface area contributed by atoms with E-state index in [1.165, 1.54) is 11.8 Å². The summed E-state index contributed by atoms with van der Waals surface area (Å²) in [5.41, 5.74) is 0.895. The minimum atomic E-state index is -0.272. The van der Waals surface area contributed by atoms with Gasteiger partial charge in [0.15, 0.2) is 22.5 Å².